The van der Waals surface area contributed by atoms with Gasteiger partial charge in [0.1, 0.15) is 0 Å². The first kappa shape index (κ1) is 12.2. The fourth-order valence-electron chi connectivity index (χ4n) is 1.64. The maximum Gasteiger partial charge on any atom is 0.315 e. The van der Waals surface area contributed by atoms with E-state index in [1.807, 2.05) is 6.92 Å². The van der Waals surface area contributed by atoms with Gasteiger partial charge in [0, 0.05) is 12.3 Å². The summed E-state index contributed by atoms with van der Waals surface area (Å²) >= 11 is 1.56. The molecule has 0 radical (unpaired) electrons. The fraction of sp³-hybridized carbons (Fsp3) is 0.778. The summed E-state index contributed by atoms with van der Waals surface area (Å²) in [6.07, 6.45) is 0.189. The average molecular weight is 232 g/mol. The molecular formula is C9H16N2O3S. The Hall–Kier alpha value is -0.910. The molecule has 1 unspecified atom stereocenters. The first-order valence-electron chi connectivity index (χ1n) is 4.86. The number of hydrogen-bond donors (Lipinski definition) is 1. The number of amides is 2. The molecule has 0 aromatic heterocycles. The second kappa shape index (κ2) is 4.74. The van der Waals surface area contributed by atoms with Gasteiger partial charge in [-0.15, -0.1) is 11.8 Å². The summed E-state index contributed by atoms with van der Waals surface area (Å²) in [5.74, 6) is 0.513. The van der Waals surface area contributed by atoms with Crippen molar-refractivity contribution in [2.45, 2.75) is 25.1 Å². The van der Waals surface area contributed by atoms with E-state index in [1.165, 1.54) is 4.90 Å². The highest BCUT2D eigenvalue weighted by Gasteiger charge is 2.41. The molecular weight excluding hydrogens is 216 g/mol. The van der Waals surface area contributed by atoms with E-state index in [2.05, 4.69) is 0 Å². The Labute approximate surface area is 93.3 Å². The van der Waals surface area contributed by atoms with Crippen molar-refractivity contribution in [1.29, 1.82) is 0 Å². The highest BCUT2D eigenvalue weighted by Crippen LogP contribution is 2.38. The molecule has 86 valence electrons. The normalized spacial score (nSPS) is 25.3. The number of nitrogens with two attached hydrogens (primary N) is 1. The van der Waals surface area contributed by atoms with Crippen LogP contribution in [0.2, 0.25) is 0 Å². The van der Waals surface area contributed by atoms with E-state index in [0.717, 1.165) is 5.75 Å². The number of carbonyl (C=O) groups is 2. The van der Waals surface area contributed by atoms with E-state index in [-0.39, 0.29) is 12.4 Å². The van der Waals surface area contributed by atoms with Gasteiger partial charge in [-0.2, -0.15) is 0 Å². The molecule has 0 bridgehead atoms. The Bertz CT molecular complexity index is 272. The van der Waals surface area contributed by atoms with Gasteiger partial charge >= 0.3 is 12.0 Å². The number of carbonyl (C=O) groups excluding carboxylic acids is 2. The zero-order chi connectivity index (χ0) is 11.5. The molecule has 0 spiro atoms. The molecule has 1 saturated heterocycles. The number of rotatable bonds is 3. The number of primary amides is 1. The zero-order valence-electron chi connectivity index (χ0n) is 8.99. The number of thioether (sulfide) groups is 1. The van der Waals surface area contributed by atoms with Crippen LogP contribution in [0.25, 0.3) is 0 Å². The number of nitrogens with zero attached hydrogens (tertiary/aromatic N) is 1. The van der Waals surface area contributed by atoms with Gasteiger partial charge in [-0.3, -0.25) is 4.79 Å². The summed E-state index contributed by atoms with van der Waals surface area (Å²) in [7, 11) is 0. The Balaban J connectivity index is 2.64. The largest absolute Gasteiger partial charge is 0.466 e. The van der Waals surface area contributed by atoms with Crippen molar-refractivity contribution in [1.82, 2.24) is 4.90 Å². The minimum absolute atomic E-state index is 0.189. The van der Waals surface area contributed by atoms with Crippen LogP contribution < -0.4 is 5.73 Å². The van der Waals surface area contributed by atoms with Gasteiger partial charge in [0.2, 0.25) is 0 Å². The Morgan fingerprint density at radius 1 is 1.60 bits per heavy atom. The lowest BCUT2D eigenvalue weighted by molar-refractivity contribution is -0.144. The summed E-state index contributed by atoms with van der Waals surface area (Å²) in [5.41, 5.74) is 5.24. The Morgan fingerprint density at radius 2 is 2.27 bits per heavy atom. The molecule has 2 amide bonds. The second-order valence-electron chi connectivity index (χ2n) is 3.50. The van der Waals surface area contributed by atoms with Gasteiger partial charge in [0.25, 0.3) is 0 Å². The topological polar surface area (TPSA) is 72.6 Å². The molecule has 0 saturated carbocycles. The van der Waals surface area contributed by atoms with Crippen molar-refractivity contribution >= 4 is 23.8 Å². The van der Waals surface area contributed by atoms with Crippen LogP contribution in [0.5, 0.6) is 0 Å². The second-order valence-corrected chi connectivity index (χ2v) is 5.07. The quantitative estimate of drug-likeness (QED) is 0.730. The van der Waals surface area contributed by atoms with E-state index < -0.39 is 10.9 Å². The summed E-state index contributed by atoms with van der Waals surface area (Å²) in [4.78, 5) is 23.5. The molecule has 2 N–H and O–H groups in total. The monoisotopic (exact) mass is 232 g/mol. The molecule has 15 heavy (non-hydrogen) atoms. The maximum absolute atomic E-state index is 11.4. The lowest BCUT2D eigenvalue weighted by atomic mass is 10.2. The third kappa shape index (κ3) is 2.77. The third-order valence-corrected chi connectivity index (χ3v) is 3.72. The summed E-state index contributed by atoms with van der Waals surface area (Å²) in [6.45, 7) is 4.55. The van der Waals surface area contributed by atoms with Crippen LogP contribution >= 0.6 is 11.8 Å². The van der Waals surface area contributed by atoms with E-state index >= 15 is 0 Å². The molecule has 0 aliphatic carbocycles. The molecule has 1 rings (SSSR count). The molecule has 1 fully saturated rings. The summed E-state index contributed by atoms with van der Waals surface area (Å²) in [6, 6.07) is -0.480. The summed E-state index contributed by atoms with van der Waals surface area (Å²) in [5, 5.41) is 0. The summed E-state index contributed by atoms with van der Waals surface area (Å²) < 4.78 is 4.87. The molecule has 0 aromatic carbocycles. The van der Waals surface area contributed by atoms with E-state index in [4.69, 9.17) is 10.5 Å². The number of esters is 1. The first-order valence-corrected chi connectivity index (χ1v) is 5.85. The molecule has 1 atom stereocenters. The SMILES string of the molecule is CCOC(=O)CC1(C)SCCN1C(N)=O. The predicted molar refractivity (Wildman–Crippen MR) is 58.4 cm³/mol. The molecule has 5 nitrogen and oxygen atoms in total. The van der Waals surface area contributed by atoms with Gasteiger partial charge in [-0.05, 0) is 13.8 Å². The first-order chi connectivity index (χ1) is 6.99. The number of urea groups is 1. The maximum atomic E-state index is 11.4. The van der Waals surface area contributed by atoms with Crippen LogP contribution in [0.1, 0.15) is 20.3 Å². The van der Waals surface area contributed by atoms with Crippen LogP contribution in [0.3, 0.4) is 0 Å². The molecule has 6 heteroatoms. The third-order valence-electron chi connectivity index (χ3n) is 2.34. The van der Waals surface area contributed by atoms with Crippen LogP contribution in [-0.2, 0) is 9.53 Å². The van der Waals surface area contributed by atoms with Gasteiger partial charge < -0.3 is 15.4 Å². The van der Waals surface area contributed by atoms with Crippen molar-refractivity contribution in [3.63, 3.8) is 0 Å². The van der Waals surface area contributed by atoms with Crippen molar-refractivity contribution in [3.05, 3.63) is 0 Å². The number of ether oxygens (including phenoxy) is 1. The van der Waals surface area contributed by atoms with Crippen molar-refractivity contribution in [2.24, 2.45) is 5.73 Å². The van der Waals surface area contributed by atoms with Crippen molar-refractivity contribution < 1.29 is 14.3 Å². The fourth-order valence-corrected chi connectivity index (χ4v) is 2.91. The van der Waals surface area contributed by atoms with Gasteiger partial charge in [-0.25, -0.2) is 4.79 Å². The van der Waals surface area contributed by atoms with Crippen molar-refractivity contribution in [3.8, 4) is 0 Å². The van der Waals surface area contributed by atoms with E-state index in [1.54, 1.807) is 18.7 Å². The van der Waals surface area contributed by atoms with E-state index in [9.17, 15) is 9.59 Å². The minimum atomic E-state index is -0.544. The van der Waals surface area contributed by atoms with E-state index in [0.29, 0.717) is 13.2 Å². The highest BCUT2D eigenvalue weighted by molar-refractivity contribution is 8.00. The Kier molecular flexibility index (Phi) is 3.84. The molecule has 1 aliphatic rings. The average Bonchev–Trinajstić information content (AvgIpc) is 2.47. The van der Waals surface area contributed by atoms with Gasteiger partial charge in [0.15, 0.2) is 0 Å². The Morgan fingerprint density at radius 3 is 2.80 bits per heavy atom. The smallest absolute Gasteiger partial charge is 0.315 e. The van der Waals surface area contributed by atoms with Crippen LogP contribution in [-0.4, -0.2) is 40.7 Å². The number of hydrogen-bond acceptors (Lipinski definition) is 4. The minimum Gasteiger partial charge on any atom is -0.466 e. The standard InChI is InChI=1S/C9H16N2O3S/c1-3-14-7(12)6-9(2)11(8(10)13)4-5-15-9/h3-6H2,1-2H3,(H2,10,13). The predicted octanol–water partition coefficient (Wildman–Crippen LogP) is 0.783. The van der Waals surface area contributed by atoms with Crippen LogP contribution in [0.4, 0.5) is 4.79 Å². The van der Waals surface area contributed by atoms with Crippen LogP contribution in [0.15, 0.2) is 0 Å². The van der Waals surface area contributed by atoms with Crippen molar-refractivity contribution in [2.75, 3.05) is 18.9 Å². The lowest BCUT2D eigenvalue weighted by Gasteiger charge is -2.31. The lowest BCUT2D eigenvalue weighted by Crippen LogP contribution is -2.47. The highest BCUT2D eigenvalue weighted by atomic mass is 32.2. The molecule has 0 aromatic rings. The van der Waals surface area contributed by atoms with Gasteiger partial charge in [-0.1, -0.05) is 0 Å². The van der Waals surface area contributed by atoms with Gasteiger partial charge in [0.05, 0.1) is 17.9 Å². The van der Waals surface area contributed by atoms with Crippen LogP contribution in [0, 0.1) is 0 Å². The molecule has 1 heterocycles. The zero-order valence-corrected chi connectivity index (χ0v) is 9.80. The molecule has 1 aliphatic heterocycles.